The average molecular weight is 247 g/mol. The van der Waals surface area contributed by atoms with Crippen LogP contribution in [0.3, 0.4) is 0 Å². The minimum atomic E-state index is -2.89. The fourth-order valence-corrected chi connectivity index (χ4v) is 4.09. The van der Waals surface area contributed by atoms with E-state index >= 15 is 0 Å². The van der Waals surface area contributed by atoms with Crippen LogP contribution in [0.4, 0.5) is 0 Å². The molecule has 0 aromatic rings. The highest BCUT2D eigenvalue weighted by atomic mass is 32.2. The fourth-order valence-electron chi connectivity index (χ4n) is 2.93. The molecule has 1 N–H and O–H groups in total. The first-order valence-electron chi connectivity index (χ1n) is 5.93. The Morgan fingerprint density at radius 1 is 1.31 bits per heavy atom. The quantitative estimate of drug-likeness (QED) is 0.768. The number of β-amino-alcohol motifs (C(OH)–C–C–N with tert-alkyl or cyclic N) is 1. The van der Waals surface area contributed by atoms with Gasteiger partial charge < -0.3 is 5.11 Å². The van der Waals surface area contributed by atoms with Crippen LogP contribution in [0.15, 0.2) is 0 Å². The summed E-state index contributed by atoms with van der Waals surface area (Å²) in [6.07, 6.45) is 4.95. The summed E-state index contributed by atoms with van der Waals surface area (Å²) >= 11 is 0. The van der Waals surface area contributed by atoms with E-state index in [-0.39, 0.29) is 5.25 Å². The van der Waals surface area contributed by atoms with Gasteiger partial charge in [-0.25, -0.2) is 8.42 Å². The van der Waals surface area contributed by atoms with Gasteiger partial charge in [0.2, 0.25) is 0 Å². The van der Waals surface area contributed by atoms with Crippen molar-refractivity contribution in [3.63, 3.8) is 0 Å². The molecule has 1 saturated carbocycles. The van der Waals surface area contributed by atoms with Gasteiger partial charge >= 0.3 is 0 Å². The minimum absolute atomic E-state index is 0.170. The molecular weight excluding hydrogens is 226 g/mol. The van der Waals surface area contributed by atoms with Crippen molar-refractivity contribution in [1.29, 1.82) is 0 Å². The maximum atomic E-state index is 11.5. The number of sulfone groups is 1. The third-order valence-electron chi connectivity index (χ3n) is 3.81. The van der Waals surface area contributed by atoms with Crippen LogP contribution in [-0.2, 0) is 9.84 Å². The van der Waals surface area contributed by atoms with Gasteiger partial charge in [-0.15, -0.1) is 0 Å². The molecule has 1 aliphatic heterocycles. The third kappa shape index (κ3) is 2.57. The van der Waals surface area contributed by atoms with Gasteiger partial charge in [-0.2, -0.15) is 0 Å². The van der Waals surface area contributed by atoms with E-state index in [1.165, 1.54) is 6.26 Å². The van der Waals surface area contributed by atoms with Gasteiger partial charge in [-0.1, -0.05) is 6.42 Å². The lowest BCUT2D eigenvalue weighted by atomic mass is 9.87. The molecule has 5 heteroatoms. The first-order valence-corrected chi connectivity index (χ1v) is 7.89. The van der Waals surface area contributed by atoms with Gasteiger partial charge in [0.1, 0.15) is 9.84 Å². The Morgan fingerprint density at radius 2 is 1.94 bits per heavy atom. The standard InChI is InChI=1S/C11H21NO3S/c1-11(13)7-12(8-11)9-4-3-5-10(6-9)16(2,14)15/h9-10,13H,3-8H2,1-2H3. The number of hydrogen-bond acceptors (Lipinski definition) is 4. The monoisotopic (exact) mass is 247 g/mol. The van der Waals surface area contributed by atoms with Gasteiger partial charge in [0, 0.05) is 25.4 Å². The lowest BCUT2D eigenvalue weighted by Gasteiger charge is -2.50. The molecule has 0 bridgehead atoms. The van der Waals surface area contributed by atoms with Gasteiger partial charge in [-0.3, -0.25) is 4.90 Å². The summed E-state index contributed by atoms with van der Waals surface area (Å²) in [5.41, 5.74) is -0.558. The highest BCUT2D eigenvalue weighted by molar-refractivity contribution is 7.91. The van der Waals surface area contributed by atoms with E-state index in [1.807, 2.05) is 6.92 Å². The Bertz CT molecular complexity index is 355. The molecule has 0 spiro atoms. The Balaban J connectivity index is 1.93. The lowest BCUT2D eigenvalue weighted by molar-refractivity contribution is -0.107. The summed E-state index contributed by atoms with van der Waals surface area (Å²) in [7, 11) is -2.89. The second-order valence-corrected chi connectivity index (χ2v) is 8.00. The number of hydrogen-bond donors (Lipinski definition) is 1. The van der Waals surface area contributed by atoms with Crippen LogP contribution in [0.25, 0.3) is 0 Å². The molecule has 0 amide bonds. The van der Waals surface area contributed by atoms with E-state index in [0.717, 1.165) is 25.7 Å². The Kier molecular flexibility index (Phi) is 3.05. The largest absolute Gasteiger partial charge is 0.388 e. The zero-order valence-electron chi connectivity index (χ0n) is 10.0. The molecular formula is C11H21NO3S. The second kappa shape index (κ2) is 3.96. The molecule has 2 aliphatic rings. The number of likely N-dealkylation sites (tertiary alicyclic amines) is 1. The third-order valence-corrected chi connectivity index (χ3v) is 5.45. The molecule has 0 aromatic heterocycles. The summed E-state index contributed by atoms with van der Waals surface area (Å²) in [5, 5.41) is 9.51. The SMILES string of the molecule is CC1(O)CN(C2CCCC(S(C)(=O)=O)C2)C1. The fraction of sp³-hybridized carbons (Fsp3) is 1.00. The Labute approximate surface area is 97.6 Å². The van der Waals surface area contributed by atoms with Crippen LogP contribution >= 0.6 is 0 Å². The summed E-state index contributed by atoms with van der Waals surface area (Å²) in [4.78, 5) is 2.22. The van der Waals surface area contributed by atoms with Crippen molar-refractivity contribution in [3.05, 3.63) is 0 Å². The molecule has 94 valence electrons. The summed E-state index contributed by atoms with van der Waals surface area (Å²) in [6, 6.07) is 0.355. The van der Waals surface area contributed by atoms with Crippen LogP contribution in [0.2, 0.25) is 0 Å². The van der Waals surface area contributed by atoms with Crippen molar-refractivity contribution >= 4 is 9.84 Å². The van der Waals surface area contributed by atoms with Crippen molar-refractivity contribution in [2.24, 2.45) is 0 Å². The van der Waals surface area contributed by atoms with E-state index in [9.17, 15) is 13.5 Å². The lowest BCUT2D eigenvalue weighted by Crippen LogP contribution is -2.63. The molecule has 1 saturated heterocycles. The zero-order chi connectivity index (χ0) is 12.0. The summed E-state index contributed by atoms with van der Waals surface area (Å²) < 4.78 is 23.0. The van der Waals surface area contributed by atoms with Gasteiger partial charge in [0.15, 0.2) is 0 Å². The van der Waals surface area contributed by atoms with Crippen LogP contribution in [0.5, 0.6) is 0 Å². The molecule has 2 fully saturated rings. The van der Waals surface area contributed by atoms with Gasteiger partial charge in [0.05, 0.1) is 10.9 Å². The van der Waals surface area contributed by atoms with Gasteiger partial charge in [0.25, 0.3) is 0 Å². The molecule has 2 unspecified atom stereocenters. The Hall–Kier alpha value is -0.130. The first-order chi connectivity index (χ1) is 7.28. The van der Waals surface area contributed by atoms with Crippen molar-refractivity contribution in [1.82, 2.24) is 4.90 Å². The normalized spacial score (nSPS) is 35.7. The van der Waals surface area contributed by atoms with Crippen molar-refractivity contribution in [3.8, 4) is 0 Å². The predicted molar refractivity (Wildman–Crippen MR) is 63.1 cm³/mol. The van der Waals surface area contributed by atoms with Gasteiger partial charge in [-0.05, 0) is 26.2 Å². The number of nitrogens with zero attached hydrogens (tertiary/aromatic N) is 1. The maximum absolute atomic E-state index is 11.5. The molecule has 4 nitrogen and oxygen atoms in total. The average Bonchev–Trinajstić information content (AvgIpc) is 2.13. The smallest absolute Gasteiger partial charge is 0.150 e. The highest BCUT2D eigenvalue weighted by Crippen LogP contribution is 2.32. The maximum Gasteiger partial charge on any atom is 0.150 e. The predicted octanol–water partition coefficient (Wildman–Crippen LogP) is 0.409. The number of aliphatic hydroxyl groups is 1. The molecule has 1 aliphatic carbocycles. The van der Waals surface area contributed by atoms with E-state index in [0.29, 0.717) is 19.1 Å². The van der Waals surface area contributed by atoms with E-state index in [4.69, 9.17) is 0 Å². The van der Waals surface area contributed by atoms with Crippen molar-refractivity contribution in [2.45, 2.75) is 49.5 Å². The molecule has 0 radical (unpaired) electrons. The van der Waals surface area contributed by atoms with Crippen LogP contribution < -0.4 is 0 Å². The molecule has 1 heterocycles. The van der Waals surface area contributed by atoms with Crippen molar-refractivity contribution < 1.29 is 13.5 Å². The van der Waals surface area contributed by atoms with E-state index in [2.05, 4.69) is 4.90 Å². The summed E-state index contributed by atoms with van der Waals surface area (Å²) in [5.74, 6) is 0. The zero-order valence-corrected chi connectivity index (χ0v) is 10.8. The minimum Gasteiger partial charge on any atom is -0.388 e. The summed E-state index contributed by atoms with van der Waals surface area (Å²) in [6.45, 7) is 3.21. The Morgan fingerprint density at radius 3 is 2.44 bits per heavy atom. The topological polar surface area (TPSA) is 57.6 Å². The van der Waals surface area contributed by atoms with Crippen LogP contribution in [0.1, 0.15) is 32.6 Å². The van der Waals surface area contributed by atoms with Crippen LogP contribution in [-0.4, -0.2) is 54.7 Å². The molecule has 2 rings (SSSR count). The molecule has 0 aromatic carbocycles. The van der Waals surface area contributed by atoms with Crippen LogP contribution in [0, 0.1) is 0 Å². The first kappa shape index (κ1) is 12.3. The molecule has 2 atom stereocenters. The number of rotatable bonds is 2. The van der Waals surface area contributed by atoms with Crippen molar-refractivity contribution in [2.75, 3.05) is 19.3 Å². The highest BCUT2D eigenvalue weighted by Gasteiger charge is 2.42. The van der Waals surface area contributed by atoms with E-state index in [1.54, 1.807) is 0 Å². The molecule has 16 heavy (non-hydrogen) atoms. The van der Waals surface area contributed by atoms with E-state index < -0.39 is 15.4 Å². The second-order valence-electron chi connectivity index (χ2n) is 5.67.